The zero-order valence-electron chi connectivity index (χ0n) is 10.1. The number of nitrogens with zero attached hydrogens (tertiary/aromatic N) is 2. The van der Waals surface area contributed by atoms with Crippen LogP contribution in [0.1, 0.15) is 12.8 Å². The minimum Gasteiger partial charge on any atom is -0.394 e. The number of imidazole rings is 1. The van der Waals surface area contributed by atoms with E-state index < -0.39 is 5.54 Å². The second-order valence-corrected chi connectivity index (χ2v) is 5.97. The second-order valence-electron chi connectivity index (χ2n) is 5.02. The van der Waals surface area contributed by atoms with Gasteiger partial charge in [-0.3, -0.25) is 0 Å². The van der Waals surface area contributed by atoms with Crippen LogP contribution in [0.5, 0.6) is 0 Å². The van der Waals surface area contributed by atoms with Crippen LogP contribution in [0.4, 0.5) is 0 Å². The van der Waals surface area contributed by atoms with E-state index in [1.54, 1.807) is 17.5 Å². The molecule has 0 amide bonds. The quantitative estimate of drug-likeness (QED) is 0.863. The molecule has 2 aromatic rings. The molecule has 2 aromatic heterocycles. The lowest BCUT2D eigenvalue weighted by atomic mass is 9.95. The molecule has 18 heavy (non-hydrogen) atoms. The number of hydrogen-bond donors (Lipinski definition) is 2. The number of nitrogens with two attached hydrogens (primary N) is 1. The van der Waals surface area contributed by atoms with Crippen molar-refractivity contribution in [1.82, 2.24) is 9.55 Å². The van der Waals surface area contributed by atoms with Crippen LogP contribution >= 0.6 is 11.3 Å². The van der Waals surface area contributed by atoms with Crippen molar-refractivity contribution in [3.8, 4) is 10.7 Å². The van der Waals surface area contributed by atoms with E-state index >= 15 is 0 Å². The molecule has 1 aliphatic carbocycles. The molecule has 96 valence electrons. The van der Waals surface area contributed by atoms with Gasteiger partial charge in [-0.05, 0) is 30.2 Å². The number of hydrogen-bond acceptors (Lipinski definition) is 4. The maximum Gasteiger partial charge on any atom is 0.150 e. The van der Waals surface area contributed by atoms with Crippen molar-refractivity contribution in [3.05, 3.63) is 29.9 Å². The van der Waals surface area contributed by atoms with E-state index in [1.807, 2.05) is 17.6 Å². The summed E-state index contributed by atoms with van der Waals surface area (Å²) in [7, 11) is 0. The highest BCUT2D eigenvalue weighted by atomic mass is 32.1. The Kier molecular flexibility index (Phi) is 2.97. The van der Waals surface area contributed by atoms with Gasteiger partial charge in [-0.2, -0.15) is 0 Å². The fourth-order valence-corrected chi connectivity index (χ4v) is 3.09. The summed E-state index contributed by atoms with van der Waals surface area (Å²) in [4.78, 5) is 5.53. The Hall–Kier alpha value is -1.17. The predicted octanol–water partition coefficient (Wildman–Crippen LogP) is 1.71. The summed E-state index contributed by atoms with van der Waals surface area (Å²) in [6, 6.07) is 4.07. The van der Waals surface area contributed by atoms with Crippen LogP contribution in [-0.4, -0.2) is 26.8 Å². The average Bonchev–Trinajstić information content (AvgIpc) is 2.92. The van der Waals surface area contributed by atoms with E-state index in [2.05, 4.69) is 15.6 Å². The Bertz CT molecular complexity index is 518. The number of aromatic nitrogens is 2. The summed E-state index contributed by atoms with van der Waals surface area (Å²) < 4.78 is 2.06. The Balaban J connectivity index is 1.87. The van der Waals surface area contributed by atoms with E-state index in [1.165, 1.54) is 0 Å². The van der Waals surface area contributed by atoms with Crippen molar-refractivity contribution in [3.63, 3.8) is 0 Å². The van der Waals surface area contributed by atoms with Crippen molar-refractivity contribution in [2.24, 2.45) is 11.7 Å². The smallest absolute Gasteiger partial charge is 0.150 e. The molecule has 1 saturated carbocycles. The highest BCUT2D eigenvalue weighted by Crippen LogP contribution is 2.39. The molecule has 0 radical (unpaired) electrons. The van der Waals surface area contributed by atoms with Crippen LogP contribution in [0.3, 0.4) is 0 Å². The molecule has 0 spiro atoms. The third kappa shape index (κ3) is 2.09. The zero-order chi connectivity index (χ0) is 12.6. The Morgan fingerprint density at radius 3 is 3.00 bits per heavy atom. The lowest BCUT2D eigenvalue weighted by molar-refractivity contribution is 0.159. The number of thiophene rings is 1. The van der Waals surface area contributed by atoms with Gasteiger partial charge in [0.1, 0.15) is 5.82 Å². The van der Waals surface area contributed by atoms with E-state index in [-0.39, 0.29) is 6.61 Å². The molecule has 0 aliphatic heterocycles. The van der Waals surface area contributed by atoms with Gasteiger partial charge in [0.15, 0.2) is 0 Å². The van der Waals surface area contributed by atoms with Gasteiger partial charge in [0.2, 0.25) is 0 Å². The summed E-state index contributed by atoms with van der Waals surface area (Å²) in [5.41, 5.74) is 5.81. The van der Waals surface area contributed by atoms with Gasteiger partial charge < -0.3 is 15.4 Å². The van der Waals surface area contributed by atoms with Gasteiger partial charge in [0.25, 0.3) is 0 Å². The number of rotatable bonds is 5. The van der Waals surface area contributed by atoms with Gasteiger partial charge in [-0.15, -0.1) is 11.3 Å². The Morgan fingerprint density at radius 2 is 2.39 bits per heavy atom. The summed E-state index contributed by atoms with van der Waals surface area (Å²) >= 11 is 1.67. The largest absolute Gasteiger partial charge is 0.394 e. The van der Waals surface area contributed by atoms with Crippen LogP contribution < -0.4 is 5.73 Å². The van der Waals surface area contributed by atoms with Gasteiger partial charge in [-0.1, -0.05) is 6.07 Å². The molecule has 3 rings (SSSR count). The lowest BCUT2D eigenvalue weighted by Gasteiger charge is -2.28. The third-order valence-electron chi connectivity index (χ3n) is 3.61. The van der Waals surface area contributed by atoms with Gasteiger partial charge in [0.05, 0.1) is 17.0 Å². The molecule has 1 fully saturated rings. The first-order chi connectivity index (χ1) is 8.73. The highest BCUT2D eigenvalue weighted by molar-refractivity contribution is 7.13. The fourth-order valence-electron chi connectivity index (χ4n) is 2.35. The molecular formula is C13H17N3OS. The summed E-state index contributed by atoms with van der Waals surface area (Å²) in [6.07, 6.45) is 5.98. The molecule has 1 unspecified atom stereocenters. The van der Waals surface area contributed by atoms with Crippen LogP contribution in [0, 0.1) is 5.92 Å². The molecule has 2 heterocycles. The van der Waals surface area contributed by atoms with Gasteiger partial charge in [0, 0.05) is 18.9 Å². The normalized spacial score (nSPS) is 18.8. The van der Waals surface area contributed by atoms with Crippen molar-refractivity contribution < 1.29 is 5.11 Å². The number of aliphatic hydroxyl groups excluding tert-OH is 1. The number of aliphatic hydroxyl groups is 1. The van der Waals surface area contributed by atoms with Crippen LogP contribution in [0.15, 0.2) is 29.9 Å². The lowest BCUT2D eigenvalue weighted by Crippen LogP contribution is -2.49. The molecule has 1 aliphatic rings. The second kappa shape index (κ2) is 4.50. The van der Waals surface area contributed by atoms with Crippen molar-refractivity contribution in [2.45, 2.75) is 24.9 Å². The SMILES string of the molecule is NC(CO)(Cn1ccnc1-c1cccs1)C1CC1. The summed E-state index contributed by atoms with van der Waals surface area (Å²) in [6.45, 7) is 0.654. The molecule has 0 aromatic carbocycles. The van der Waals surface area contributed by atoms with Crippen LogP contribution in [0.2, 0.25) is 0 Å². The third-order valence-corrected chi connectivity index (χ3v) is 4.47. The maximum absolute atomic E-state index is 9.56. The Labute approximate surface area is 110 Å². The molecule has 0 saturated heterocycles. The standard InChI is InChI=1S/C13H17N3OS/c14-13(9-17,10-3-4-10)8-16-6-5-15-12(16)11-2-1-7-18-11/h1-2,5-7,10,17H,3-4,8-9,14H2. The average molecular weight is 263 g/mol. The fraction of sp³-hybridized carbons (Fsp3) is 0.462. The topological polar surface area (TPSA) is 64.1 Å². The zero-order valence-corrected chi connectivity index (χ0v) is 10.9. The van der Waals surface area contributed by atoms with Crippen LogP contribution in [0.25, 0.3) is 10.7 Å². The van der Waals surface area contributed by atoms with Crippen molar-refractivity contribution >= 4 is 11.3 Å². The molecular weight excluding hydrogens is 246 g/mol. The molecule has 4 nitrogen and oxygen atoms in total. The molecule has 0 bridgehead atoms. The predicted molar refractivity (Wildman–Crippen MR) is 72.3 cm³/mol. The van der Waals surface area contributed by atoms with Crippen molar-refractivity contribution in [2.75, 3.05) is 6.61 Å². The maximum atomic E-state index is 9.56. The van der Waals surface area contributed by atoms with E-state index in [0.717, 1.165) is 23.5 Å². The first-order valence-corrected chi connectivity index (χ1v) is 7.06. The van der Waals surface area contributed by atoms with E-state index in [0.29, 0.717) is 12.5 Å². The van der Waals surface area contributed by atoms with Gasteiger partial charge >= 0.3 is 0 Å². The summed E-state index contributed by atoms with van der Waals surface area (Å²) in [5.74, 6) is 1.38. The van der Waals surface area contributed by atoms with Gasteiger partial charge in [-0.25, -0.2) is 4.98 Å². The first-order valence-electron chi connectivity index (χ1n) is 6.18. The first kappa shape index (κ1) is 11.9. The Morgan fingerprint density at radius 1 is 1.56 bits per heavy atom. The monoisotopic (exact) mass is 263 g/mol. The van der Waals surface area contributed by atoms with Crippen molar-refractivity contribution in [1.29, 1.82) is 0 Å². The minimum atomic E-state index is -0.507. The summed E-state index contributed by atoms with van der Waals surface area (Å²) in [5, 5.41) is 11.6. The highest BCUT2D eigenvalue weighted by Gasteiger charge is 2.42. The molecule has 3 N–H and O–H groups in total. The molecule has 1 atom stereocenters. The molecule has 5 heteroatoms. The van der Waals surface area contributed by atoms with E-state index in [9.17, 15) is 5.11 Å². The minimum absolute atomic E-state index is 0.0275. The van der Waals surface area contributed by atoms with Crippen LogP contribution in [-0.2, 0) is 6.54 Å². The van der Waals surface area contributed by atoms with E-state index in [4.69, 9.17) is 5.73 Å².